The predicted molar refractivity (Wildman–Crippen MR) is 79.6 cm³/mol. The first-order chi connectivity index (χ1) is 11.5. The molecule has 24 heavy (non-hydrogen) atoms. The Bertz CT molecular complexity index is 832. The molecular weight excluding hydrogens is 324 g/mol. The molecule has 124 valence electrons. The van der Waals surface area contributed by atoms with Gasteiger partial charge in [0, 0.05) is 31.1 Å². The summed E-state index contributed by atoms with van der Waals surface area (Å²) in [5, 5.41) is 0. The molecule has 0 amide bonds. The molecule has 3 nitrogen and oxygen atoms in total. The number of aromatic nitrogens is 2. The normalized spacial score (nSPS) is 10.9. The lowest BCUT2D eigenvalue weighted by Gasteiger charge is -2.12. The first kappa shape index (κ1) is 16.0. The minimum Gasteiger partial charge on any atom is -0.497 e. The molecule has 0 saturated heterocycles. The molecule has 0 fully saturated rings. The molecule has 1 heterocycles. The Kier molecular flexibility index (Phi) is 4.24. The van der Waals surface area contributed by atoms with Gasteiger partial charge in [-0.15, -0.1) is 0 Å². The average molecular weight is 336 g/mol. The number of halogens is 4. The number of ether oxygens (including phenoxy) is 1. The fraction of sp³-hybridized carbons (Fsp3) is 0.118. The highest BCUT2D eigenvalue weighted by Crippen LogP contribution is 2.34. The number of rotatable bonds is 4. The van der Waals surface area contributed by atoms with Crippen LogP contribution in [0.4, 0.5) is 17.6 Å². The first-order valence-corrected chi connectivity index (χ1v) is 6.96. The van der Waals surface area contributed by atoms with Crippen LogP contribution in [0, 0.1) is 23.3 Å². The molecule has 0 spiro atoms. The van der Waals surface area contributed by atoms with Gasteiger partial charge in [-0.2, -0.15) is 0 Å². The molecule has 7 heteroatoms. The van der Waals surface area contributed by atoms with Gasteiger partial charge in [-0.05, 0) is 17.7 Å². The SMILES string of the molecule is COc1cc(F)c(-c2c(F)cc(Cn3ccnc3)cc2F)c(F)c1. The van der Waals surface area contributed by atoms with Crippen LogP contribution in [0.15, 0.2) is 43.0 Å². The van der Waals surface area contributed by atoms with E-state index in [1.807, 2.05) is 0 Å². The van der Waals surface area contributed by atoms with Crippen molar-refractivity contribution in [3.63, 3.8) is 0 Å². The fourth-order valence-corrected chi connectivity index (χ4v) is 2.45. The zero-order chi connectivity index (χ0) is 17.3. The number of hydrogen-bond acceptors (Lipinski definition) is 2. The Labute approximate surface area is 135 Å². The summed E-state index contributed by atoms with van der Waals surface area (Å²) in [7, 11) is 1.24. The van der Waals surface area contributed by atoms with E-state index in [1.165, 1.54) is 19.6 Å². The topological polar surface area (TPSA) is 27.1 Å². The van der Waals surface area contributed by atoms with E-state index in [1.54, 1.807) is 10.8 Å². The highest BCUT2D eigenvalue weighted by Gasteiger charge is 2.21. The summed E-state index contributed by atoms with van der Waals surface area (Å²) in [5.74, 6) is -4.38. The van der Waals surface area contributed by atoms with Gasteiger partial charge in [0.2, 0.25) is 0 Å². The summed E-state index contributed by atoms with van der Waals surface area (Å²) >= 11 is 0. The molecule has 1 aromatic heterocycles. The van der Waals surface area contributed by atoms with Crippen LogP contribution in [0.1, 0.15) is 5.56 Å². The van der Waals surface area contributed by atoms with Crippen molar-refractivity contribution in [2.45, 2.75) is 6.54 Å². The van der Waals surface area contributed by atoms with Crippen molar-refractivity contribution in [3.05, 3.63) is 71.8 Å². The zero-order valence-electron chi connectivity index (χ0n) is 12.6. The van der Waals surface area contributed by atoms with Crippen molar-refractivity contribution in [1.29, 1.82) is 0 Å². The summed E-state index contributed by atoms with van der Waals surface area (Å²) in [6.45, 7) is 0.182. The summed E-state index contributed by atoms with van der Waals surface area (Å²) in [4.78, 5) is 3.83. The van der Waals surface area contributed by atoms with Crippen LogP contribution in [0.5, 0.6) is 5.75 Å². The van der Waals surface area contributed by atoms with Gasteiger partial charge < -0.3 is 9.30 Å². The van der Waals surface area contributed by atoms with Gasteiger partial charge in [0.15, 0.2) is 0 Å². The van der Waals surface area contributed by atoms with E-state index in [9.17, 15) is 17.6 Å². The van der Waals surface area contributed by atoms with Gasteiger partial charge in [-0.3, -0.25) is 0 Å². The van der Waals surface area contributed by atoms with Gasteiger partial charge in [-0.1, -0.05) is 0 Å². The number of hydrogen-bond donors (Lipinski definition) is 0. The third kappa shape index (κ3) is 2.97. The highest BCUT2D eigenvalue weighted by molar-refractivity contribution is 5.67. The maximum absolute atomic E-state index is 14.3. The standard InChI is InChI=1S/C17H12F4N2O/c1-24-11-6-14(20)17(15(21)7-11)16-12(18)4-10(5-13(16)19)8-23-3-2-22-9-23/h2-7,9H,8H2,1H3. The summed E-state index contributed by atoms with van der Waals surface area (Å²) < 4.78 is 63.2. The molecule has 0 unspecified atom stereocenters. The average Bonchev–Trinajstić information content (AvgIpc) is 3.01. The van der Waals surface area contributed by atoms with Crippen LogP contribution in [0.25, 0.3) is 11.1 Å². The Morgan fingerprint density at radius 1 is 0.917 bits per heavy atom. The second-order valence-electron chi connectivity index (χ2n) is 5.14. The van der Waals surface area contributed by atoms with Crippen LogP contribution in [0.2, 0.25) is 0 Å². The number of imidazole rings is 1. The van der Waals surface area contributed by atoms with Crippen molar-refractivity contribution in [2.75, 3.05) is 7.11 Å². The van der Waals surface area contributed by atoms with E-state index < -0.39 is 34.4 Å². The molecule has 2 aromatic carbocycles. The van der Waals surface area contributed by atoms with Crippen molar-refractivity contribution >= 4 is 0 Å². The van der Waals surface area contributed by atoms with E-state index in [-0.39, 0.29) is 12.3 Å². The van der Waals surface area contributed by atoms with Crippen molar-refractivity contribution in [1.82, 2.24) is 9.55 Å². The molecule has 0 radical (unpaired) electrons. The second-order valence-corrected chi connectivity index (χ2v) is 5.14. The van der Waals surface area contributed by atoms with Crippen molar-refractivity contribution in [3.8, 4) is 16.9 Å². The highest BCUT2D eigenvalue weighted by atomic mass is 19.1. The summed E-state index contributed by atoms with van der Waals surface area (Å²) in [5.41, 5.74) is -1.21. The number of benzene rings is 2. The maximum atomic E-state index is 14.3. The van der Waals surface area contributed by atoms with Crippen LogP contribution in [-0.2, 0) is 6.54 Å². The quantitative estimate of drug-likeness (QED) is 0.669. The first-order valence-electron chi connectivity index (χ1n) is 6.96. The minimum atomic E-state index is -1.10. The Morgan fingerprint density at radius 2 is 1.46 bits per heavy atom. The molecule has 0 atom stereocenters. The number of methoxy groups -OCH3 is 1. The molecule has 0 bridgehead atoms. The molecule has 0 aliphatic heterocycles. The van der Waals surface area contributed by atoms with Gasteiger partial charge in [0.1, 0.15) is 29.0 Å². The third-order valence-electron chi connectivity index (χ3n) is 3.53. The van der Waals surface area contributed by atoms with Crippen LogP contribution in [0.3, 0.4) is 0 Å². The van der Waals surface area contributed by atoms with Crippen LogP contribution >= 0.6 is 0 Å². The van der Waals surface area contributed by atoms with Crippen molar-refractivity contribution < 1.29 is 22.3 Å². The monoisotopic (exact) mass is 336 g/mol. The Morgan fingerprint density at radius 3 is 1.92 bits per heavy atom. The molecule has 0 N–H and O–H groups in total. The minimum absolute atomic E-state index is 0.0775. The Balaban J connectivity index is 2.06. The lowest BCUT2D eigenvalue weighted by molar-refractivity contribution is 0.407. The zero-order valence-corrected chi connectivity index (χ0v) is 12.6. The molecule has 3 rings (SSSR count). The molecule has 3 aromatic rings. The molecule has 0 aliphatic carbocycles. The van der Waals surface area contributed by atoms with Crippen molar-refractivity contribution in [2.24, 2.45) is 0 Å². The van der Waals surface area contributed by atoms with Gasteiger partial charge >= 0.3 is 0 Å². The number of nitrogens with zero attached hydrogens (tertiary/aromatic N) is 2. The second kappa shape index (κ2) is 6.35. The molecular formula is C17H12F4N2O. The van der Waals surface area contributed by atoms with E-state index in [2.05, 4.69) is 4.98 Å². The van der Waals surface area contributed by atoms with E-state index in [0.29, 0.717) is 5.56 Å². The van der Waals surface area contributed by atoms with Gasteiger partial charge in [-0.25, -0.2) is 22.5 Å². The fourth-order valence-electron chi connectivity index (χ4n) is 2.45. The smallest absolute Gasteiger partial charge is 0.137 e. The van der Waals surface area contributed by atoms with Gasteiger partial charge in [0.25, 0.3) is 0 Å². The van der Waals surface area contributed by atoms with E-state index >= 15 is 0 Å². The van der Waals surface area contributed by atoms with Crippen LogP contribution in [-0.4, -0.2) is 16.7 Å². The lowest BCUT2D eigenvalue weighted by atomic mass is 10.0. The molecule has 0 aliphatic rings. The maximum Gasteiger partial charge on any atom is 0.137 e. The summed E-state index contributed by atoms with van der Waals surface area (Å²) in [6, 6.07) is 3.83. The van der Waals surface area contributed by atoms with Gasteiger partial charge in [0.05, 0.1) is 24.6 Å². The largest absolute Gasteiger partial charge is 0.497 e. The van der Waals surface area contributed by atoms with E-state index in [4.69, 9.17) is 4.74 Å². The third-order valence-corrected chi connectivity index (χ3v) is 3.53. The van der Waals surface area contributed by atoms with E-state index in [0.717, 1.165) is 24.3 Å². The molecule has 0 saturated carbocycles. The lowest BCUT2D eigenvalue weighted by Crippen LogP contribution is -2.02. The Hall–Kier alpha value is -2.83. The predicted octanol–water partition coefficient (Wildman–Crippen LogP) is 4.16. The summed E-state index contributed by atoms with van der Waals surface area (Å²) in [6.07, 6.45) is 4.66. The van der Waals surface area contributed by atoms with Crippen LogP contribution < -0.4 is 4.74 Å².